The number of rotatable bonds is 48. The van der Waals surface area contributed by atoms with Crippen LogP contribution in [0.25, 0.3) is 0 Å². The molecule has 0 aromatic rings. The molecule has 12 heteroatoms. The van der Waals surface area contributed by atoms with E-state index >= 15 is 0 Å². The molecule has 0 aromatic heterocycles. The minimum atomic E-state index is -4.73. The quantitative estimate of drug-likeness (QED) is 0.0197. The van der Waals surface area contributed by atoms with E-state index in [1.165, 1.54) is 83.5 Å². The summed E-state index contributed by atoms with van der Waals surface area (Å²) in [6, 6.07) is 0. The Kier molecular flexibility index (Phi) is 45.5. The second-order valence-corrected chi connectivity index (χ2v) is 18.8. The summed E-state index contributed by atoms with van der Waals surface area (Å²) >= 11 is 0. The average molecular weight is 927 g/mol. The van der Waals surface area contributed by atoms with Gasteiger partial charge in [-0.25, -0.2) is 4.57 Å². The maximum atomic E-state index is 12.8. The van der Waals surface area contributed by atoms with E-state index in [0.29, 0.717) is 19.3 Å². The van der Waals surface area contributed by atoms with Crippen LogP contribution in [0, 0.1) is 0 Å². The third-order valence-electron chi connectivity index (χ3n) is 11.0. The van der Waals surface area contributed by atoms with Crippen molar-refractivity contribution in [2.45, 2.75) is 251 Å². The molecular weight excluding hydrogens is 832 g/mol. The van der Waals surface area contributed by atoms with E-state index in [2.05, 4.69) is 57.2 Å². The number of unbranched alkanes of at least 4 members (excludes halogenated alkanes) is 25. The number of hydrogen-bond acceptors (Lipinski definition) is 10. The van der Waals surface area contributed by atoms with Crippen molar-refractivity contribution >= 4 is 25.7 Å². The maximum absolute atomic E-state index is 12.8. The molecule has 11 nitrogen and oxygen atoms in total. The fraction of sp³-hybridized carbons (Fsp3) is 0.827. The Morgan fingerprint density at radius 2 is 0.781 bits per heavy atom. The summed E-state index contributed by atoms with van der Waals surface area (Å²) in [7, 11) is -4.73. The van der Waals surface area contributed by atoms with Crippen LogP contribution in [0.1, 0.15) is 239 Å². The van der Waals surface area contributed by atoms with Crippen molar-refractivity contribution in [2.75, 3.05) is 26.4 Å². The predicted octanol–water partition coefficient (Wildman–Crippen LogP) is 14.5. The van der Waals surface area contributed by atoms with Crippen molar-refractivity contribution < 1.29 is 52.2 Å². The molecule has 64 heavy (non-hydrogen) atoms. The maximum Gasteiger partial charge on any atom is 0.472 e. The second-order valence-electron chi connectivity index (χ2n) is 17.3. The first kappa shape index (κ1) is 61.7. The van der Waals surface area contributed by atoms with Gasteiger partial charge in [0.1, 0.15) is 12.7 Å². The Labute approximate surface area is 390 Å². The van der Waals surface area contributed by atoms with Crippen LogP contribution in [0.15, 0.2) is 36.5 Å². The zero-order chi connectivity index (χ0) is 47.0. The SMILES string of the molecule is CCCC/C=C\CCCCCCCC(=O)OC(CO)COP(=O)(O)OCC(COC(=O)CCCCCCCCCCC)OC(=O)CCCCCCCCC/C=C\C/C=C\CCCCC. The molecule has 0 fully saturated rings. The highest BCUT2D eigenvalue weighted by Crippen LogP contribution is 2.43. The molecule has 0 radical (unpaired) electrons. The van der Waals surface area contributed by atoms with E-state index in [0.717, 1.165) is 96.3 Å². The third kappa shape index (κ3) is 44.9. The Balaban J connectivity index is 4.70. The fourth-order valence-electron chi connectivity index (χ4n) is 7.01. The number of hydrogen-bond donors (Lipinski definition) is 2. The molecule has 0 spiro atoms. The molecule has 0 bridgehead atoms. The number of allylic oxidation sites excluding steroid dienone is 6. The van der Waals surface area contributed by atoms with Gasteiger partial charge in [-0.1, -0.05) is 186 Å². The van der Waals surface area contributed by atoms with Crippen LogP contribution < -0.4 is 0 Å². The molecule has 3 unspecified atom stereocenters. The molecule has 3 atom stereocenters. The summed E-state index contributed by atoms with van der Waals surface area (Å²) in [4.78, 5) is 48.2. The molecule has 0 saturated carbocycles. The standard InChI is InChI=1S/C52H95O11P/c1-4-7-10-13-16-19-21-22-23-24-25-26-28-31-34-37-40-43-52(56)63-49(45-59-50(54)41-38-35-32-29-18-15-12-9-6-3)47-61-64(57,58)60-46-48(44-53)62-51(55)42-39-36-33-30-27-20-17-14-11-8-5-2/h14,16-17,19,22-23,48-49,53H,4-13,15,18,20-21,24-47H2,1-3H3,(H,57,58)/b17-14-,19-16-,23-22-. The summed E-state index contributed by atoms with van der Waals surface area (Å²) in [5, 5.41) is 9.75. The highest BCUT2D eigenvalue weighted by atomic mass is 31.2. The summed E-state index contributed by atoms with van der Waals surface area (Å²) in [5.74, 6) is -1.48. The van der Waals surface area contributed by atoms with Crippen molar-refractivity contribution in [3.63, 3.8) is 0 Å². The number of carbonyl (C=O) groups excluding carboxylic acids is 3. The normalized spacial score (nSPS) is 13.8. The minimum absolute atomic E-state index is 0.161. The molecule has 0 aliphatic rings. The first-order valence-corrected chi connectivity index (χ1v) is 27.4. The Hall–Kier alpha value is -2.30. The highest BCUT2D eigenvalue weighted by molar-refractivity contribution is 7.47. The van der Waals surface area contributed by atoms with Gasteiger partial charge in [-0.3, -0.25) is 23.4 Å². The lowest BCUT2D eigenvalue weighted by Gasteiger charge is -2.21. The van der Waals surface area contributed by atoms with E-state index in [9.17, 15) is 28.9 Å². The van der Waals surface area contributed by atoms with Gasteiger partial charge < -0.3 is 24.2 Å². The van der Waals surface area contributed by atoms with Crippen molar-refractivity contribution in [3.05, 3.63) is 36.5 Å². The molecular formula is C52H95O11P. The van der Waals surface area contributed by atoms with Crippen LogP contribution in [0.4, 0.5) is 0 Å². The highest BCUT2D eigenvalue weighted by Gasteiger charge is 2.28. The van der Waals surface area contributed by atoms with E-state index in [-0.39, 0.29) is 25.9 Å². The predicted molar refractivity (Wildman–Crippen MR) is 261 cm³/mol. The van der Waals surface area contributed by atoms with E-state index in [4.69, 9.17) is 23.3 Å². The van der Waals surface area contributed by atoms with Crippen LogP contribution >= 0.6 is 7.82 Å². The Morgan fingerprint density at radius 1 is 0.438 bits per heavy atom. The summed E-state index contributed by atoms with van der Waals surface area (Å²) in [6.45, 7) is 4.54. The average Bonchev–Trinajstić information content (AvgIpc) is 3.28. The van der Waals surface area contributed by atoms with Gasteiger partial charge in [0.2, 0.25) is 0 Å². The number of phosphoric acid groups is 1. The van der Waals surface area contributed by atoms with E-state index in [1.54, 1.807) is 0 Å². The van der Waals surface area contributed by atoms with E-state index < -0.39 is 57.8 Å². The van der Waals surface area contributed by atoms with Crippen molar-refractivity contribution in [2.24, 2.45) is 0 Å². The Bertz CT molecular complexity index is 1220. The number of esters is 3. The monoisotopic (exact) mass is 927 g/mol. The molecule has 374 valence electrons. The molecule has 2 N–H and O–H groups in total. The van der Waals surface area contributed by atoms with Gasteiger partial charge in [-0.15, -0.1) is 0 Å². The van der Waals surface area contributed by atoms with Gasteiger partial charge in [-0.2, -0.15) is 0 Å². The molecule has 0 rings (SSSR count). The number of aliphatic hydroxyl groups excluding tert-OH is 1. The minimum Gasteiger partial charge on any atom is -0.462 e. The zero-order valence-corrected chi connectivity index (χ0v) is 41.9. The molecule has 0 heterocycles. The van der Waals surface area contributed by atoms with Crippen molar-refractivity contribution in [1.29, 1.82) is 0 Å². The second kappa shape index (κ2) is 47.2. The number of phosphoric ester groups is 1. The topological polar surface area (TPSA) is 155 Å². The lowest BCUT2D eigenvalue weighted by atomic mass is 10.1. The largest absolute Gasteiger partial charge is 0.472 e. The first-order chi connectivity index (χ1) is 31.2. The Morgan fingerprint density at radius 3 is 1.25 bits per heavy atom. The zero-order valence-electron chi connectivity index (χ0n) is 41.0. The third-order valence-corrected chi connectivity index (χ3v) is 12.0. The van der Waals surface area contributed by atoms with Crippen LogP contribution in [-0.4, -0.2) is 66.5 Å². The van der Waals surface area contributed by atoms with Gasteiger partial charge >= 0.3 is 25.7 Å². The summed E-state index contributed by atoms with van der Waals surface area (Å²) < 4.78 is 39.3. The van der Waals surface area contributed by atoms with Gasteiger partial charge in [0.05, 0.1) is 19.8 Å². The molecule has 0 aliphatic heterocycles. The fourth-order valence-corrected chi connectivity index (χ4v) is 7.80. The smallest absolute Gasteiger partial charge is 0.462 e. The molecule has 0 saturated heterocycles. The van der Waals surface area contributed by atoms with E-state index in [1.807, 2.05) is 0 Å². The van der Waals surface area contributed by atoms with Crippen LogP contribution in [0.2, 0.25) is 0 Å². The van der Waals surface area contributed by atoms with Crippen molar-refractivity contribution in [3.8, 4) is 0 Å². The van der Waals surface area contributed by atoms with Gasteiger partial charge in [0, 0.05) is 19.3 Å². The van der Waals surface area contributed by atoms with Gasteiger partial charge in [-0.05, 0) is 70.6 Å². The van der Waals surface area contributed by atoms with Gasteiger partial charge in [0.15, 0.2) is 6.10 Å². The lowest BCUT2D eigenvalue weighted by molar-refractivity contribution is -0.161. The molecule has 0 aromatic carbocycles. The first-order valence-electron chi connectivity index (χ1n) is 25.9. The molecule has 0 aliphatic carbocycles. The number of carbonyl (C=O) groups is 3. The van der Waals surface area contributed by atoms with Crippen LogP contribution in [0.3, 0.4) is 0 Å². The number of ether oxygens (including phenoxy) is 3. The van der Waals surface area contributed by atoms with Crippen LogP contribution in [0.5, 0.6) is 0 Å². The molecule has 0 amide bonds. The summed E-state index contributed by atoms with van der Waals surface area (Å²) in [6.07, 6.45) is 45.5. The van der Waals surface area contributed by atoms with Crippen LogP contribution in [-0.2, 0) is 42.2 Å². The lowest BCUT2D eigenvalue weighted by Crippen LogP contribution is -2.30. The van der Waals surface area contributed by atoms with Gasteiger partial charge in [0.25, 0.3) is 0 Å². The number of aliphatic hydroxyl groups is 1. The van der Waals surface area contributed by atoms with Crippen molar-refractivity contribution in [1.82, 2.24) is 0 Å². The summed E-state index contributed by atoms with van der Waals surface area (Å²) in [5.41, 5.74) is 0.